The van der Waals surface area contributed by atoms with Gasteiger partial charge in [0.2, 0.25) is 0 Å². The summed E-state index contributed by atoms with van der Waals surface area (Å²) in [4.78, 5) is 14.8. The molecule has 0 spiro atoms. The molecule has 1 heterocycles. The second-order valence-electron chi connectivity index (χ2n) is 5.52. The fraction of sp³-hybridized carbons (Fsp3) is 0.278. The first-order chi connectivity index (χ1) is 11.2. The van der Waals surface area contributed by atoms with Crippen molar-refractivity contribution in [2.24, 2.45) is 0 Å². The molecule has 120 valence electrons. The topological polar surface area (TPSA) is 41.6 Å². The number of morpholine rings is 1. The predicted octanol–water partition coefficient (Wildman–Crippen LogP) is 3.53. The normalized spacial score (nSPS) is 15.3. The van der Waals surface area contributed by atoms with Gasteiger partial charge in [-0.15, -0.1) is 0 Å². The highest BCUT2D eigenvalue weighted by Gasteiger charge is 2.12. The molecule has 1 N–H and O–H groups in total. The highest BCUT2D eigenvalue weighted by Crippen LogP contribution is 2.22. The summed E-state index contributed by atoms with van der Waals surface area (Å²) in [5, 5.41) is 2.94. The number of benzene rings is 2. The van der Waals surface area contributed by atoms with Crippen LogP contribution in [0.5, 0.6) is 0 Å². The molecule has 3 rings (SSSR count). The van der Waals surface area contributed by atoms with Gasteiger partial charge in [0.05, 0.1) is 18.9 Å². The Morgan fingerprint density at radius 1 is 1.13 bits per heavy atom. The molecular weight excluding hydrogens is 356 g/mol. The van der Waals surface area contributed by atoms with Crippen LogP contribution in [0.2, 0.25) is 0 Å². The number of nitrogens with one attached hydrogen (secondary N) is 1. The zero-order valence-corrected chi connectivity index (χ0v) is 14.4. The van der Waals surface area contributed by atoms with Gasteiger partial charge in [-0.3, -0.25) is 9.69 Å². The van der Waals surface area contributed by atoms with Crippen LogP contribution in [0, 0.1) is 0 Å². The highest BCUT2D eigenvalue weighted by molar-refractivity contribution is 9.10. The zero-order chi connectivity index (χ0) is 16.1. The smallest absolute Gasteiger partial charge is 0.255 e. The maximum Gasteiger partial charge on any atom is 0.255 e. The molecule has 1 amide bonds. The number of para-hydroxylation sites is 1. The van der Waals surface area contributed by atoms with E-state index in [1.807, 2.05) is 42.5 Å². The van der Waals surface area contributed by atoms with E-state index in [2.05, 4.69) is 32.2 Å². The molecule has 0 unspecified atom stereocenters. The van der Waals surface area contributed by atoms with E-state index in [-0.39, 0.29) is 5.91 Å². The van der Waals surface area contributed by atoms with Crippen LogP contribution in [0.15, 0.2) is 53.0 Å². The van der Waals surface area contributed by atoms with Gasteiger partial charge in [0.15, 0.2) is 0 Å². The third-order valence-electron chi connectivity index (χ3n) is 3.82. The maximum atomic E-state index is 12.4. The molecule has 0 radical (unpaired) electrons. The lowest BCUT2D eigenvalue weighted by molar-refractivity contribution is 0.0342. The Bertz CT molecular complexity index is 684. The van der Waals surface area contributed by atoms with Gasteiger partial charge in [-0.25, -0.2) is 0 Å². The molecule has 1 aliphatic heterocycles. The second kappa shape index (κ2) is 7.73. The standard InChI is InChI=1S/C18H19BrN2O2/c19-16-6-1-2-7-17(16)20-18(22)15-5-3-4-14(12-15)13-21-8-10-23-11-9-21/h1-7,12H,8-11,13H2,(H,20,22). The molecule has 1 aliphatic rings. The van der Waals surface area contributed by atoms with E-state index in [0.717, 1.165) is 48.6 Å². The molecule has 0 bridgehead atoms. The minimum absolute atomic E-state index is 0.0965. The lowest BCUT2D eigenvalue weighted by atomic mass is 10.1. The monoisotopic (exact) mass is 374 g/mol. The summed E-state index contributed by atoms with van der Waals surface area (Å²) in [5.41, 5.74) is 2.59. The zero-order valence-electron chi connectivity index (χ0n) is 12.8. The largest absolute Gasteiger partial charge is 0.379 e. The average molecular weight is 375 g/mol. The van der Waals surface area contributed by atoms with Crippen LogP contribution in [0.4, 0.5) is 5.69 Å². The van der Waals surface area contributed by atoms with E-state index in [1.54, 1.807) is 0 Å². The summed E-state index contributed by atoms with van der Waals surface area (Å²) in [6.45, 7) is 4.28. The minimum Gasteiger partial charge on any atom is -0.379 e. The van der Waals surface area contributed by atoms with Crippen molar-refractivity contribution in [2.75, 3.05) is 31.6 Å². The maximum absolute atomic E-state index is 12.4. The molecular formula is C18H19BrN2O2. The Hall–Kier alpha value is -1.69. The van der Waals surface area contributed by atoms with E-state index in [1.165, 1.54) is 0 Å². The van der Waals surface area contributed by atoms with Crippen LogP contribution >= 0.6 is 15.9 Å². The van der Waals surface area contributed by atoms with Gasteiger partial charge in [-0.1, -0.05) is 24.3 Å². The van der Waals surface area contributed by atoms with Gasteiger partial charge in [0, 0.05) is 29.7 Å². The first-order valence-corrected chi connectivity index (χ1v) is 8.46. The Balaban J connectivity index is 1.69. The van der Waals surface area contributed by atoms with Crippen molar-refractivity contribution in [3.63, 3.8) is 0 Å². The molecule has 0 aliphatic carbocycles. The lowest BCUT2D eigenvalue weighted by Crippen LogP contribution is -2.35. The van der Waals surface area contributed by atoms with Crippen molar-refractivity contribution >= 4 is 27.5 Å². The number of hydrogen-bond acceptors (Lipinski definition) is 3. The summed E-state index contributed by atoms with van der Waals surface area (Å²) >= 11 is 3.44. The molecule has 1 fully saturated rings. The van der Waals surface area contributed by atoms with Crippen LogP contribution in [-0.2, 0) is 11.3 Å². The third-order valence-corrected chi connectivity index (χ3v) is 4.51. The fourth-order valence-electron chi connectivity index (χ4n) is 2.59. The Kier molecular flexibility index (Phi) is 5.43. The first kappa shape index (κ1) is 16.2. The number of amides is 1. The Labute approximate surface area is 144 Å². The van der Waals surface area contributed by atoms with Gasteiger partial charge in [-0.05, 0) is 45.8 Å². The van der Waals surface area contributed by atoms with Crippen LogP contribution in [-0.4, -0.2) is 37.1 Å². The molecule has 0 atom stereocenters. The van der Waals surface area contributed by atoms with Crippen LogP contribution in [0.25, 0.3) is 0 Å². The first-order valence-electron chi connectivity index (χ1n) is 7.67. The Morgan fingerprint density at radius 3 is 2.70 bits per heavy atom. The van der Waals surface area contributed by atoms with Gasteiger partial charge >= 0.3 is 0 Å². The molecule has 1 saturated heterocycles. The van der Waals surface area contributed by atoms with Crippen molar-refractivity contribution in [1.82, 2.24) is 4.90 Å². The van der Waals surface area contributed by atoms with Crippen molar-refractivity contribution in [1.29, 1.82) is 0 Å². The summed E-state index contributed by atoms with van der Waals surface area (Å²) in [5.74, 6) is -0.0965. The third kappa shape index (κ3) is 4.41. The van der Waals surface area contributed by atoms with Crippen LogP contribution in [0.1, 0.15) is 15.9 Å². The molecule has 2 aromatic rings. The van der Waals surface area contributed by atoms with Crippen molar-refractivity contribution in [3.8, 4) is 0 Å². The van der Waals surface area contributed by atoms with E-state index >= 15 is 0 Å². The molecule has 0 saturated carbocycles. The van der Waals surface area contributed by atoms with Crippen molar-refractivity contribution < 1.29 is 9.53 Å². The molecule has 23 heavy (non-hydrogen) atoms. The van der Waals surface area contributed by atoms with Gasteiger partial charge in [0.25, 0.3) is 5.91 Å². The highest BCUT2D eigenvalue weighted by atomic mass is 79.9. The van der Waals surface area contributed by atoms with E-state index < -0.39 is 0 Å². The summed E-state index contributed by atoms with van der Waals surface area (Å²) in [6, 6.07) is 15.4. The summed E-state index contributed by atoms with van der Waals surface area (Å²) in [7, 11) is 0. The summed E-state index contributed by atoms with van der Waals surface area (Å²) in [6.07, 6.45) is 0. The predicted molar refractivity (Wildman–Crippen MR) is 94.6 cm³/mol. The fourth-order valence-corrected chi connectivity index (χ4v) is 2.97. The number of rotatable bonds is 4. The number of hydrogen-bond donors (Lipinski definition) is 1. The van der Waals surface area contributed by atoms with Crippen molar-refractivity contribution in [2.45, 2.75) is 6.54 Å². The average Bonchev–Trinajstić information content (AvgIpc) is 2.58. The molecule has 5 heteroatoms. The lowest BCUT2D eigenvalue weighted by Gasteiger charge is -2.26. The van der Waals surface area contributed by atoms with E-state index in [9.17, 15) is 4.79 Å². The van der Waals surface area contributed by atoms with E-state index in [4.69, 9.17) is 4.74 Å². The van der Waals surface area contributed by atoms with Gasteiger partial charge < -0.3 is 10.1 Å². The molecule has 2 aromatic carbocycles. The van der Waals surface area contributed by atoms with Crippen LogP contribution < -0.4 is 5.32 Å². The molecule has 0 aromatic heterocycles. The molecule has 4 nitrogen and oxygen atoms in total. The number of ether oxygens (including phenoxy) is 1. The van der Waals surface area contributed by atoms with Crippen molar-refractivity contribution in [3.05, 3.63) is 64.1 Å². The number of halogens is 1. The van der Waals surface area contributed by atoms with Gasteiger partial charge in [0.1, 0.15) is 0 Å². The number of carbonyl (C=O) groups is 1. The number of anilines is 1. The number of carbonyl (C=O) groups excluding carboxylic acids is 1. The quantitative estimate of drug-likeness (QED) is 0.889. The number of nitrogens with zero attached hydrogens (tertiary/aromatic N) is 1. The summed E-state index contributed by atoms with van der Waals surface area (Å²) < 4.78 is 6.24. The van der Waals surface area contributed by atoms with E-state index in [0.29, 0.717) is 5.56 Å². The van der Waals surface area contributed by atoms with Gasteiger partial charge in [-0.2, -0.15) is 0 Å². The Morgan fingerprint density at radius 2 is 1.91 bits per heavy atom. The van der Waals surface area contributed by atoms with Crippen LogP contribution in [0.3, 0.4) is 0 Å². The minimum atomic E-state index is -0.0965. The SMILES string of the molecule is O=C(Nc1ccccc1Br)c1cccc(CN2CCOCC2)c1. The second-order valence-corrected chi connectivity index (χ2v) is 6.38.